The molecule has 0 bridgehead atoms. The second-order valence-corrected chi connectivity index (χ2v) is 13.9. The predicted molar refractivity (Wildman–Crippen MR) is 64.8 cm³/mol. The Morgan fingerprint density at radius 2 is 1.08 bits per heavy atom. The van der Waals surface area contributed by atoms with Gasteiger partial charge in [-0.05, 0) is 0 Å². The van der Waals surface area contributed by atoms with Gasteiger partial charge in [-0.25, -0.2) is 0 Å². The Morgan fingerprint density at radius 1 is 0.769 bits per heavy atom. The molecule has 0 radical (unpaired) electrons. The monoisotopic (exact) mass is 240 g/mol. The zero-order valence-electron chi connectivity index (χ0n) is 10.7. The van der Waals surface area contributed by atoms with Crippen molar-refractivity contribution in [3.05, 3.63) is 0 Å². The molecule has 0 atom stereocenters. The van der Waals surface area contributed by atoms with Crippen LogP contribution in [0.4, 0.5) is 0 Å². The summed E-state index contributed by atoms with van der Waals surface area (Å²) >= 11 is -0.941. The second kappa shape index (κ2) is 4.93. The van der Waals surface area contributed by atoms with Crippen LogP contribution in [0.5, 0.6) is 0 Å². The third-order valence-corrected chi connectivity index (χ3v) is 12.4. The Morgan fingerprint density at radius 3 is 1.23 bits per heavy atom. The number of rotatable bonds is 3. The van der Waals surface area contributed by atoms with E-state index in [1.807, 2.05) is 0 Å². The minimum atomic E-state index is -0.941. The Labute approximate surface area is 90.5 Å². The molecule has 0 N–H and O–H groups in total. The van der Waals surface area contributed by atoms with Crippen LogP contribution in [0.2, 0.25) is 14.9 Å². The molecule has 0 heterocycles. The van der Waals surface area contributed by atoms with E-state index in [0.29, 0.717) is 10.8 Å². The average Bonchev–Trinajstić information content (AvgIpc) is 1.79. The fourth-order valence-electron chi connectivity index (χ4n) is 2.09. The molecule has 0 rings (SSSR count). The molecule has 0 aromatic rings. The van der Waals surface area contributed by atoms with Crippen molar-refractivity contribution in [2.45, 2.75) is 63.4 Å². The third kappa shape index (κ3) is 8.95. The minimum absolute atomic E-state index is 0.575. The van der Waals surface area contributed by atoms with Gasteiger partial charge in [0.1, 0.15) is 0 Å². The van der Waals surface area contributed by atoms with Crippen LogP contribution in [0.1, 0.15) is 48.5 Å². The van der Waals surface area contributed by atoms with Gasteiger partial charge in [-0.1, -0.05) is 0 Å². The van der Waals surface area contributed by atoms with E-state index in [2.05, 4.69) is 48.5 Å². The van der Waals surface area contributed by atoms with Gasteiger partial charge in [0.05, 0.1) is 0 Å². The molecule has 0 amide bonds. The first kappa shape index (κ1) is 13.6. The SMILES string of the molecule is C[CH2][Ga]([CH2]C(C)(C)C)[CH2]C(C)(C)C. The molecule has 0 aliphatic rings. The van der Waals surface area contributed by atoms with E-state index in [4.69, 9.17) is 0 Å². The molecule has 13 heavy (non-hydrogen) atoms. The summed E-state index contributed by atoms with van der Waals surface area (Å²) in [6.07, 6.45) is 0. The van der Waals surface area contributed by atoms with Crippen LogP contribution in [0.15, 0.2) is 0 Å². The molecule has 1 heteroatoms. The van der Waals surface area contributed by atoms with E-state index in [1.54, 1.807) is 9.95 Å². The standard InChI is InChI=1S/2C5H11.C2H5.Ga/c2*1-5(2,3)4;1-2;/h2*1H2,2-4H3;1H2,2H3;. The van der Waals surface area contributed by atoms with Crippen molar-refractivity contribution in [3.63, 3.8) is 0 Å². The van der Waals surface area contributed by atoms with Crippen molar-refractivity contribution in [2.75, 3.05) is 0 Å². The van der Waals surface area contributed by atoms with Crippen LogP contribution in [0.3, 0.4) is 0 Å². The molecule has 78 valence electrons. The molecule has 0 unspecified atom stereocenters. The number of hydrogen-bond donors (Lipinski definition) is 0. The van der Waals surface area contributed by atoms with Crippen LogP contribution >= 0.6 is 0 Å². The van der Waals surface area contributed by atoms with Gasteiger partial charge >= 0.3 is 90.4 Å². The van der Waals surface area contributed by atoms with Gasteiger partial charge < -0.3 is 0 Å². The van der Waals surface area contributed by atoms with Gasteiger partial charge in [0.2, 0.25) is 0 Å². The summed E-state index contributed by atoms with van der Waals surface area (Å²) in [5.74, 6) is 0. The fraction of sp³-hybridized carbons (Fsp3) is 1.00. The van der Waals surface area contributed by atoms with Crippen LogP contribution in [0, 0.1) is 10.8 Å². The summed E-state index contributed by atoms with van der Waals surface area (Å²) in [6, 6.07) is 0. The molecular formula is C12H27Ga. The molecule has 0 aromatic carbocycles. The van der Waals surface area contributed by atoms with Crippen LogP contribution < -0.4 is 0 Å². The summed E-state index contributed by atoms with van der Waals surface area (Å²) in [4.78, 5) is 4.61. The summed E-state index contributed by atoms with van der Waals surface area (Å²) in [5, 5.41) is 0. The maximum atomic E-state index is 2.40. The summed E-state index contributed by atoms with van der Waals surface area (Å²) in [5.41, 5.74) is 1.15. The van der Waals surface area contributed by atoms with E-state index in [-0.39, 0.29) is 0 Å². The Bertz CT molecular complexity index is 120. The third-order valence-electron chi connectivity index (χ3n) is 2.38. The van der Waals surface area contributed by atoms with Crippen molar-refractivity contribution >= 4 is 16.2 Å². The molecular weight excluding hydrogens is 214 g/mol. The second-order valence-electron chi connectivity index (χ2n) is 6.80. The molecule has 0 spiro atoms. The van der Waals surface area contributed by atoms with E-state index >= 15 is 0 Å². The molecule has 0 fully saturated rings. The zero-order valence-corrected chi connectivity index (χ0v) is 13.1. The Hall–Kier alpha value is 0.636. The Balaban J connectivity index is 4.05. The van der Waals surface area contributed by atoms with Gasteiger partial charge in [0.15, 0.2) is 0 Å². The number of hydrogen-bond acceptors (Lipinski definition) is 0. The quantitative estimate of drug-likeness (QED) is 0.633. The topological polar surface area (TPSA) is 0 Å². The van der Waals surface area contributed by atoms with Crippen LogP contribution in [-0.4, -0.2) is 16.2 Å². The van der Waals surface area contributed by atoms with E-state index in [0.717, 1.165) is 0 Å². The summed E-state index contributed by atoms with van der Waals surface area (Å²) in [7, 11) is 0. The van der Waals surface area contributed by atoms with Gasteiger partial charge in [-0.2, -0.15) is 0 Å². The van der Waals surface area contributed by atoms with Crippen molar-refractivity contribution in [2.24, 2.45) is 10.8 Å². The van der Waals surface area contributed by atoms with E-state index < -0.39 is 16.2 Å². The summed E-state index contributed by atoms with van der Waals surface area (Å²) in [6.45, 7) is 16.8. The predicted octanol–water partition coefficient (Wildman–Crippen LogP) is 4.59. The van der Waals surface area contributed by atoms with Gasteiger partial charge in [-0.3, -0.25) is 0 Å². The normalized spacial score (nSPS) is 13.2. The first-order chi connectivity index (χ1) is 5.64. The fourth-order valence-corrected chi connectivity index (χ4v) is 10.9. The van der Waals surface area contributed by atoms with E-state index in [9.17, 15) is 0 Å². The molecule has 0 aromatic heterocycles. The van der Waals surface area contributed by atoms with Gasteiger partial charge in [0, 0.05) is 0 Å². The van der Waals surface area contributed by atoms with Gasteiger partial charge in [-0.15, -0.1) is 0 Å². The summed E-state index contributed by atoms with van der Waals surface area (Å²) < 4.78 is 0. The first-order valence-electron chi connectivity index (χ1n) is 5.64. The average molecular weight is 241 g/mol. The van der Waals surface area contributed by atoms with E-state index in [1.165, 1.54) is 4.98 Å². The first-order valence-corrected chi connectivity index (χ1v) is 10.8. The molecule has 0 aliphatic heterocycles. The zero-order chi connectivity index (χ0) is 10.7. The maximum absolute atomic E-state index is 2.40. The van der Waals surface area contributed by atoms with Crippen LogP contribution in [0.25, 0.3) is 0 Å². The van der Waals surface area contributed by atoms with Crippen molar-refractivity contribution < 1.29 is 0 Å². The van der Waals surface area contributed by atoms with Gasteiger partial charge in [0.25, 0.3) is 0 Å². The Kier molecular flexibility index (Phi) is 5.17. The molecule has 0 aliphatic carbocycles. The molecule has 0 saturated heterocycles. The molecule has 0 nitrogen and oxygen atoms in total. The van der Waals surface area contributed by atoms with Crippen molar-refractivity contribution in [1.82, 2.24) is 0 Å². The van der Waals surface area contributed by atoms with Crippen molar-refractivity contribution in [1.29, 1.82) is 0 Å². The molecule has 0 saturated carbocycles. The van der Waals surface area contributed by atoms with Crippen molar-refractivity contribution in [3.8, 4) is 0 Å². The van der Waals surface area contributed by atoms with Crippen LogP contribution in [-0.2, 0) is 0 Å².